The van der Waals surface area contributed by atoms with Gasteiger partial charge in [0, 0.05) is 15.1 Å². The minimum absolute atomic E-state index is 0.0816. The van der Waals surface area contributed by atoms with Crippen molar-refractivity contribution in [3.63, 3.8) is 0 Å². The van der Waals surface area contributed by atoms with Crippen molar-refractivity contribution in [2.24, 2.45) is 0 Å². The molecule has 0 spiro atoms. The molecule has 2 rings (SSSR count). The fraction of sp³-hybridized carbons (Fsp3) is 0. The van der Waals surface area contributed by atoms with Crippen LogP contribution in [-0.4, -0.2) is 4.98 Å². The highest BCUT2D eigenvalue weighted by Crippen LogP contribution is 2.28. The zero-order valence-electron chi connectivity index (χ0n) is 8.25. The highest BCUT2D eigenvalue weighted by molar-refractivity contribution is 9.10. The number of hydrogen-bond acceptors (Lipinski definition) is 2. The van der Waals surface area contributed by atoms with Crippen LogP contribution in [0.2, 0.25) is 0 Å². The maximum atomic E-state index is 13.4. The van der Waals surface area contributed by atoms with E-state index in [1.165, 1.54) is 24.4 Å². The summed E-state index contributed by atoms with van der Waals surface area (Å²) >= 11 is 6.18. The average Bonchev–Trinajstić information content (AvgIpc) is 2.25. The lowest BCUT2D eigenvalue weighted by Crippen LogP contribution is -1.94. The normalized spacial score (nSPS) is 10.4. The van der Waals surface area contributed by atoms with E-state index in [1.54, 1.807) is 6.07 Å². The number of ether oxygens (including phenoxy) is 1. The Balaban J connectivity index is 2.31. The van der Waals surface area contributed by atoms with E-state index < -0.39 is 11.6 Å². The first-order valence-corrected chi connectivity index (χ1v) is 6.09. The number of pyridine rings is 1. The highest BCUT2D eigenvalue weighted by Gasteiger charge is 2.10. The van der Waals surface area contributed by atoms with Gasteiger partial charge in [-0.25, -0.2) is 13.8 Å². The Labute approximate surface area is 113 Å². The lowest BCUT2D eigenvalue weighted by molar-refractivity contribution is 0.398. The molecule has 0 atom stereocenters. The Morgan fingerprint density at radius 1 is 1.00 bits per heavy atom. The van der Waals surface area contributed by atoms with Gasteiger partial charge in [0.25, 0.3) is 5.88 Å². The van der Waals surface area contributed by atoms with Crippen LogP contribution in [0.25, 0.3) is 0 Å². The SMILES string of the molecule is Fc1cc(Br)ccc1Oc1ncc(Br)cc1F. The van der Waals surface area contributed by atoms with Crippen molar-refractivity contribution in [1.29, 1.82) is 0 Å². The van der Waals surface area contributed by atoms with Crippen LogP contribution in [0.1, 0.15) is 0 Å². The second kappa shape index (κ2) is 5.10. The number of hydrogen-bond donors (Lipinski definition) is 0. The smallest absolute Gasteiger partial charge is 0.256 e. The molecule has 1 aromatic heterocycles. The summed E-state index contributed by atoms with van der Waals surface area (Å²) in [5.74, 6) is -1.61. The van der Waals surface area contributed by atoms with Crippen molar-refractivity contribution < 1.29 is 13.5 Å². The molecule has 0 aliphatic rings. The Hall–Kier alpha value is -1.01. The molecule has 0 aliphatic carbocycles. The van der Waals surface area contributed by atoms with Crippen molar-refractivity contribution in [1.82, 2.24) is 4.98 Å². The van der Waals surface area contributed by atoms with Gasteiger partial charge in [-0.3, -0.25) is 0 Å². The number of halogens is 4. The Kier molecular flexibility index (Phi) is 3.73. The first-order chi connectivity index (χ1) is 8.06. The van der Waals surface area contributed by atoms with E-state index >= 15 is 0 Å². The van der Waals surface area contributed by atoms with E-state index in [0.29, 0.717) is 8.95 Å². The van der Waals surface area contributed by atoms with Gasteiger partial charge in [-0.2, -0.15) is 0 Å². The monoisotopic (exact) mass is 363 g/mol. The molecule has 88 valence electrons. The van der Waals surface area contributed by atoms with Crippen molar-refractivity contribution in [2.75, 3.05) is 0 Å². The molecule has 0 radical (unpaired) electrons. The fourth-order valence-electron chi connectivity index (χ4n) is 1.14. The lowest BCUT2D eigenvalue weighted by atomic mass is 10.3. The van der Waals surface area contributed by atoms with Gasteiger partial charge in [0.05, 0.1) is 0 Å². The van der Waals surface area contributed by atoms with E-state index in [0.717, 1.165) is 0 Å². The van der Waals surface area contributed by atoms with Gasteiger partial charge >= 0.3 is 0 Å². The van der Waals surface area contributed by atoms with Crippen LogP contribution >= 0.6 is 31.9 Å². The van der Waals surface area contributed by atoms with Crippen LogP contribution in [0.15, 0.2) is 39.4 Å². The van der Waals surface area contributed by atoms with Crippen LogP contribution in [0.5, 0.6) is 11.6 Å². The molecule has 0 fully saturated rings. The Morgan fingerprint density at radius 2 is 1.71 bits per heavy atom. The van der Waals surface area contributed by atoms with E-state index in [1.807, 2.05) is 0 Å². The average molecular weight is 365 g/mol. The molecule has 0 saturated heterocycles. The summed E-state index contributed by atoms with van der Waals surface area (Å²) in [5.41, 5.74) is 0. The van der Waals surface area contributed by atoms with Crippen molar-refractivity contribution in [2.45, 2.75) is 0 Å². The van der Waals surface area contributed by atoms with Gasteiger partial charge < -0.3 is 4.74 Å². The molecular formula is C11H5Br2F2NO. The predicted octanol–water partition coefficient (Wildman–Crippen LogP) is 4.68. The van der Waals surface area contributed by atoms with Gasteiger partial charge in [0.1, 0.15) is 0 Å². The maximum Gasteiger partial charge on any atom is 0.256 e. The van der Waals surface area contributed by atoms with Crippen LogP contribution < -0.4 is 4.74 Å². The second-order valence-electron chi connectivity index (χ2n) is 3.12. The summed E-state index contributed by atoms with van der Waals surface area (Å²) in [4.78, 5) is 3.71. The third-order valence-electron chi connectivity index (χ3n) is 1.87. The third kappa shape index (κ3) is 3.01. The molecule has 1 aromatic carbocycles. The summed E-state index contributed by atoms with van der Waals surface area (Å²) in [5, 5.41) is 0. The maximum absolute atomic E-state index is 13.4. The standard InChI is InChI=1S/C11H5Br2F2NO/c12-6-1-2-10(8(14)3-6)17-11-9(15)4-7(13)5-16-11/h1-5H. The topological polar surface area (TPSA) is 22.1 Å². The molecule has 1 heterocycles. The van der Waals surface area contributed by atoms with E-state index in [-0.39, 0.29) is 11.6 Å². The lowest BCUT2D eigenvalue weighted by Gasteiger charge is -2.06. The molecule has 0 amide bonds. The van der Waals surface area contributed by atoms with Crippen LogP contribution in [0, 0.1) is 11.6 Å². The summed E-state index contributed by atoms with van der Waals surface area (Å²) in [7, 11) is 0. The molecule has 6 heteroatoms. The minimum Gasteiger partial charge on any atom is -0.433 e. The van der Waals surface area contributed by atoms with Crippen LogP contribution in [0.3, 0.4) is 0 Å². The van der Waals surface area contributed by atoms with Crippen molar-refractivity contribution in [3.8, 4) is 11.6 Å². The fourth-order valence-corrected chi connectivity index (χ4v) is 1.78. The molecule has 0 bridgehead atoms. The summed E-state index contributed by atoms with van der Waals surface area (Å²) in [6.07, 6.45) is 1.37. The first-order valence-electron chi connectivity index (χ1n) is 4.50. The van der Waals surface area contributed by atoms with Gasteiger partial charge in [-0.15, -0.1) is 0 Å². The Bertz CT molecular complexity index is 514. The molecule has 0 saturated carbocycles. The van der Waals surface area contributed by atoms with Crippen molar-refractivity contribution >= 4 is 31.9 Å². The first kappa shape index (κ1) is 12.4. The Morgan fingerprint density at radius 3 is 2.35 bits per heavy atom. The van der Waals surface area contributed by atoms with Gasteiger partial charge in [0.15, 0.2) is 17.4 Å². The second-order valence-corrected chi connectivity index (χ2v) is 4.95. The molecule has 0 unspecified atom stereocenters. The zero-order chi connectivity index (χ0) is 12.4. The summed E-state index contributed by atoms with van der Waals surface area (Å²) in [6.45, 7) is 0. The summed E-state index contributed by atoms with van der Waals surface area (Å²) < 4.78 is 32.9. The van der Waals surface area contributed by atoms with Gasteiger partial charge in [-0.1, -0.05) is 15.9 Å². The highest BCUT2D eigenvalue weighted by atomic mass is 79.9. The molecule has 2 nitrogen and oxygen atoms in total. The van der Waals surface area contributed by atoms with Crippen molar-refractivity contribution in [3.05, 3.63) is 51.0 Å². The number of rotatable bonds is 2. The van der Waals surface area contributed by atoms with Crippen LogP contribution in [0.4, 0.5) is 8.78 Å². The number of benzene rings is 1. The molecule has 0 aliphatic heterocycles. The molecular weight excluding hydrogens is 360 g/mol. The minimum atomic E-state index is -0.665. The van der Waals surface area contributed by atoms with E-state index in [4.69, 9.17) is 4.74 Å². The van der Waals surface area contributed by atoms with E-state index in [2.05, 4.69) is 36.8 Å². The summed E-state index contributed by atoms with van der Waals surface area (Å²) in [6, 6.07) is 5.41. The molecule has 2 aromatic rings. The third-order valence-corrected chi connectivity index (χ3v) is 2.80. The quantitative estimate of drug-likeness (QED) is 0.772. The van der Waals surface area contributed by atoms with Gasteiger partial charge in [-0.05, 0) is 40.2 Å². The van der Waals surface area contributed by atoms with Crippen LogP contribution in [-0.2, 0) is 0 Å². The number of aromatic nitrogens is 1. The zero-order valence-corrected chi connectivity index (χ0v) is 11.4. The largest absolute Gasteiger partial charge is 0.433 e. The molecule has 17 heavy (non-hydrogen) atoms. The van der Waals surface area contributed by atoms with Gasteiger partial charge in [0.2, 0.25) is 0 Å². The number of nitrogens with zero attached hydrogens (tertiary/aromatic N) is 1. The van der Waals surface area contributed by atoms with E-state index in [9.17, 15) is 8.78 Å². The molecule has 0 N–H and O–H groups in total. The predicted molar refractivity (Wildman–Crippen MR) is 66.1 cm³/mol.